The Morgan fingerprint density at radius 2 is 1.33 bits per heavy atom. The molecule has 0 fully saturated rings. The molecule has 0 bridgehead atoms. The summed E-state index contributed by atoms with van der Waals surface area (Å²) in [5.74, 6) is 0. The van der Waals surface area contributed by atoms with Crippen molar-refractivity contribution in [2.75, 3.05) is 52.0 Å². The lowest BCUT2D eigenvalue weighted by atomic mass is 10.4. The maximum atomic E-state index is 11.8. The molecule has 0 aliphatic heterocycles. The van der Waals surface area contributed by atoms with E-state index in [4.69, 9.17) is 4.18 Å². The molecule has 0 spiro atoms. The third kappa shape index (κ3) is 11.5. The van der Waals surface area contributed by atoms with E-state index in [1.54, 1.807) is 0 Å². The average molecular weight is 340 g/mol. The van der Waals surface area contributed by atoms with Crippen LogP contribution < -0.4 is 0 Å². The van der Waals surface area contributed by atoms with E-state index in [1.807, 2.05) is 0 Å². The SMILES string of the molecule is CCN(CC)CCCOS(=O)(=O)PCCCN(CC)CC. The fourth-order valence-corrected chi connectivity index (χ4v) is 4.73. The normalized spacial score (nSPS) is 13.0. The summed E-state index contributed by atoms with van der Waals surface area (Å²) < 4.78 is 28.6. The van der Waals surface area contributed by atoms with Gasteiger partial charge in [-0.2, -0.15) is 8.42 Å². The highest BCUT2D eigenvalue weighted by atomic mass is 32.8. The Bertz CT molecular complexity index is 305. The van der Waals surface area contributed by atoms with Crippen LogP contribution in [0.2, 0.25) is 0 Å². The Kier molecular flexibility index (Phi) is 12.9. The molecule has 5 nitrogen and oxygen atoms in total. The average Bonchev–Trinajstić information content (AvgIpc) is 2.47. The van der Waals surface area contributed by atoms with Crippen molar-refractivity contribution in [3.63, 3.8) is 0 Å². The molecule has 128 valence electrons. The molecule has 0 saturated heterocycles. The fourth-order valence-electron chi connectivity index (χ4n) is 2.08. The summed E-state index contributed by atoms with van der Waals surface area (Å²) in [6.45, 7) is 14.7. The van der Waals surface area contributed by atoms with Crippen LogP contribution in [0.25, 0.3) is 0 Å². The van der Waals surface area contributed by atoms with Crippen molar-refractivity contribution < 1.29 is 12.6 Å². The summed E-state index contributed by atoms with van der Waals surface area (Å²) in [6, 6.07) is 0. The van der Waals surface area contributed by atoms with Crippen LogP contribution in [0, 0.1) is 0 Å². The summed E-state index contributed by atoms with van der Waals surface area (Å²) in [5, 5.41) is 0. The molecule has 0 heterocycles. The first-order valence-corrected chi connectivity index (χ1v) is 11.4. The zero-order chi connectivity index (χ0) is 16.1. The van der Waals surface area contributed by atoms with Gasteiger partial charge in [0.25, 0.3) is 9.74 Å². The maximum Gasteiger partial charge on any atom is 0.280 e. The van der Waals surface area contributed by atoms with Crippen molar-refractivity contribution in [3.8, 4) is 0 Å². The van der Waals surface area contributed by atoms with Gasteiger partial charge in [-0.25, -0.2) is 0 Å². The summed E-state index contributed by atoms with van der Waals surface area (Å²) in [7, 11) is -3.44. The van der Waals surface area contributed by atoms with Gasteiger partial charge in [-0.15, -0.1) is 0 Å². The van der Waals surface area contributed by atoms with Crippen molar-refractivity contribution >= 4 is 17.5 Å². The second kappa shape index (κ2) is 12.8. The van der Waals surface area contributed by atoms with Crippen LogP contribution in [0.4, 0.5) is 0 Å². The highest BCUT2D eigenvalue weighted by molar-refractivity contribution is 8.41. The van der Waals surface area contributed by atoms with Crippen LogP contribution in [0.1, 0.15) is 40.5 Å². The molecule has 1 atom stereocenters. The predicted molar refractivity (Wildman–Crippen MR) is 92.9 cm³/mol. The molecular weight excluding hydrogens is 307 g/mol. The number of hydrogen-bond acceptors (Lipinski definition) is 5. The highest BCUT2D eigenvalue weighted by Crippen LogP contribution is 2.23. The lowest BCUT2D eigenvalue weighted by Gasteiger charge is -2.18. The summed E-state index contributed by atoms with van der Waals surface area (Å²) >= 11 is 0. The molecule has 0 aromatic rings. The standard InChI is InChI=1S/C14H33N2O3PS/c1-5-15(6-2)11-9-13-19-21(17,18)20-14-10-12-16(7-3)8-4/h20H,5-14H2,1-4H3. The molecule has 0 amide bonds. The second-order valence-corrected chi connectivity index (χ2v) is 9.23. The van der Waals surface area contributed by atoms with Crippen molar-refractivity contribution in [3.05, 3.63) is 0 Å². The van der Waals surface area contributed by atoms with Gasteiger partial charge in [0.05, 0.1) is 6.61 Å². The Hall–Kier alpha value is 0.260. The van der Waals surface area contributed by atoms with E-state index in [9.17, 15) is 8.42 Å². The quantitative estimate of drug-likeness (QED) is 0.359. The Morgan fingerprint density at radius 1 is 0.857 bits per heavy atom. The van der Waals surface area contributed by atoms with Gasteiger partial charge in [0.2, 0.25) is 0 Å². The van der Waals surface area contributed by atoms with E-state index in [0.29, 0.717) is 12.8 Å². The van der Waals surface area contributed by atoms with Gasteiger partial charge in [-0.3, -0.25) is 4.18 Å². The van der Waals surface area contributed by atoms with Gasteiger partial charge in [0, 0.05) is 14.3 Å². The Balaban J connectivity index is 3.74. The van der Waals surface area contributed by atoms with Gasteiger partial charge in [-0.05, 0) is 51.7 Å². The maximum absolute atomic E-state index is 11.8. The predicted octanol–water partition coefficient (Wildman–Crippen LogP) is 2.39. The summed E-state index contributed by atoms with van der Waals surface area (Å²) in [4.78, 5) is 4.57. The van der Waals surface area contributed by atoms with E-state index in [0.717, 1.165) is 52.1 Å². The monoisotopic (exact) mass is 340 g/mol. The van der Waals surface area contributed by atoms with E-state index in [1.165, 1.54) is 0 Å². The van der Waals surface area contributed by atoms with Gasteiger partial charge >= 0.3 is 0 Å². The molecule has 21 heavy (non-hydrogen) atoms. The van der Waals surface area contributed by atoms with Gasteiger partial charge < -0.3 is 9.80 Å². The third-order valence-electron chi connectivity index (χ3n) is 3.58. The van der Waals surface area contributed by atoms with Gasteiger partial charge in [-0.1, -0.05) is 27.7 Å². The molecule has 1 unspecified atom stereocenters. The molecule has 0 aromatic heterocycles. The largest absolute Gasteiger partial charge is 0.304 e. The number of rotatable bonds is 14. The molecular formula is C14H33N2O3PS. The third-order valence-corrected chi connectivity index (χ3v) is 6.99. The molecule has 0 aromatic carbocycles. The lowest BCUT2D eigenvalue weighted by Crippen LogP contribution is -2.25. The van der Waals surface area contributed by atoms with Crippen LogP contribution in [-0.2, 0) is 13.9 Å². The molecule has 0 rings (SSSR count). The zero-order valence-electron chi connectivity index (χ0n) is 14.1. The Labute approximate surface area is 133 Å². The van der Waals surface area contributed by atoms with E-state index < -0.39 is 9.74 Å². The lowest BCUT2D eigenvalue weighted by molar-refractivity contribution is 0.255. The molecule has 0 saturated carbocycles. The highest BCUT2D eigenvalue weighted by Gasteiger charge is 2.11. The number of hydrogen-bond donors (Lipinski definition) is 0. The van der Waals surface area contributed by atoms with Crippen LogP contribution in [0.5, 0.6) is 0 Å². The van der Waals surface area contributed by atoms with Crippen molar-refractivity contribution in [1.82, 2.24) is 9.80 Å². The van der Waals surface area contributed by atoms with Crippen molar-refractivity contribution in [1.29, 1.82) is 0 Å². The molecule has 0 N–H and O–H groups in total. The minimum absolute atomic E-state index is 0.123. The van der Waals surface area contributed by atoms with Crippen molar-refractivity contribution in [2.24, 2.45) is 0 Å². The Morgan fingerprint density at radius 3 is 1.81 bits per heavy atom. The van der Waals surface area contributed by atoms with E-state index in [-0.39, 0.29) is 7.78 Å². The first-order valence-electron chi connectivity index (χ1n) is 8.07. The van der Waals surface area contributed by atoms with Gasteiger partial charge in [0.15, 0.2) is 0 Å². The van der Waals surface area contributed by atoms with E-state index in [2.05, 4.69) is 37.5 Å². The topological polar surface area (TPSA) is 49.9 Å². The molecule has 0 radical (unpaired) electrons. The minimum Gasteiger partial charge on any atom is -0.304 e. The molecule has 0 aliphatic carbocycles. The van der Waals surface area contributed by atoms with Gasteiger partial charge in [0.1, 0.15) is 0 Å². The summed E-state index contributed by atoms with van der Waals surface area (Å²) in [5.41, 5.74) is 0. The minimum atomic E-state index is -3.31. The van der Waals surface area contributed by atoms with E-state index >= 15 is 0 Å². The van der Waals surface area contributed by atoms with Crippen LogP contribution in [0.15, 0.2) is 0 Å². The first-order chi connectivity index (χ1) is 9.99. The van der Waals surface area contributed by atoms with Crippen molar-refractivity contribution in [2.45, 2.75) is 40.5 Å². The molecule has 7 heteroatoms. The van der Waals surface area contributed by atoms with Crippen LogP contribution >= 0.6 is 7.78 Å². The first kappa shape index (κ1) is 21.3. The smallest absolute Gasteiger partial charge is 0.280 e. The number of nitrogens with zero attached hydrogens (tertiary/aromatic N) is 2. The second-order valence-electron chi connectivity index (χ2n) is 4.93. The van der Waals surface area contributed by atoms with Crippen LogP contribution in [-0.4, -0.2) is 70.3 Å². The zero-order valence-corrected chi connectivity index (χ0v) is 15.9. The summed E-state index contributed by atoms with van der Waals surface area (Å²) in [6.07, 6.45) is 2.39. The molecule has 0 aliphatic rings. The fraction of sp³-hybridized carbons (Fsp3) is 1.00. The van der Waals surface area contributed by atoms with Crippen LogP contribution in [0.3, 0.4) is 0 Å².